The van der Waals surface area contributed by atoms with Gasteiger partial charge in [-0.05, 0) is 54.3 Å². The number of rotatable bonds is 3. The molecule has 3 rings (SSSR count). The second kappa shape index (κ2) is 5.55. The van der Waals surface area contributed by atoms with Gasteiger partial charge in [0.25, 0.3) is 0 Å². The highest BCUT2D eigenvalue weighted by Gasteiger charge is 2.21. The standard InChI is InChI=1S/C17H20N2O/c1-2-20-15-7-6-12-8-9-19-17(16(12)11-15)13-4-3-5-14(18)10-13/h3-7,10-11,17,19H,2,8-9,18H2,1H3. The average molecular weight is 268 g/mol. The molecule has 0 saturated heterocycles. The highest BCUT2D eigenvalue weighted by atomic mass is 16.5. The summed E-state index contributed by atoms with van der Waals surface area (Å²) in [7, 11) is 0. The van der Waals surface area contributed by atoms with Crippen LogP contribution in [-0.2, 0) is 6.42 Å². The quantitative estimate of drug-likeness (QED) is 0.841. The zero-order valence-corrected chi connectivity index (χ0v) is 11.7. The van der Waals surface area contributed by atoms with E-state index in [0.717, 1.165) is 24.4 Å². The van der Waals surface area contributed by atoms with Gasteiger partial charge in [0.15, 0.2) is 0 Å². The molecule has 3 heteroatoms. The normalized spacial score (nSPS) is 17.6. The molecule has 1 atom stereocenters. The van der Waals surface area contributed by atoms with Gasteiger partial charge >= 0.3 is 0 Å². The van der Waals surface area contributed by atoms with Crippen molar-refractivity contribution >= 4 is 5.69 Å². The maximum atomic E-state index is 5.91. The van der Waals surface area contributed by atoms with Gasteiger partial charge in [-0.25, -0.2) is 0 Å². The van der Waals surface area contributed by atoms with E-state index >= 15 is 0 Å². The second-order valence-corrected chi connectivity index (χ2v) is 5.10. The monoisotopic (exact) mass is 268 g/mol. The van der Waals surface area contributed by atoms with Crippen LogP contribution >= 0.6 is 0 Å². The van der Waals surface area contributed by atoms with Gasteiger partial charge in [0.2, 0.25) is 0 Å². The number of hydrogen-bond donors (Lipinski definition) is 2. The molecule has 1 aliphatic heterocycles. The second-order valence-electron chi connectivity index (χ2n) is 5.10. The van der Waals surface area contributed by atoms with Crippen LogP contribution in [-0.4, -0.2) is 13.2 Å². The third-order valence-electron chi connectivity index (χ3n) is 3.73. The van der Waals surface area contributed by atoms with E-state index in [4.69, 9.17) is 10.5 Å². The number of anilines is 1. The smallest absolute Gasteiger partial charge is 0.119 e. The largest absolute Gasteiger partial charge is 0.494 e. The molecule has 0 amide bonds. The summed E-state index contributed by atoms with van der Waals surface area (Å²) in [5.41, 5.74) is 10.6. The van der Waals surface area contributed by atoms with E-state index in [2.05, 4.69) is 29.6 Å². The van der Waals surface area contributed by atoms with Gasteiger partial charge in [-0.3, -0.25) is 0 Å². The summed E-state index contributed by atoms with van der Waals surface area (Å²) in [6.45, 7) is 3.68. The van der Waals surface area contributed by atoms with Crippen LogP contribution < -0.4 is 15.8 Å². The van der Waals surface area contributed by atoms with Crippen LogP contribution in [0.5, 0.6) is 5.75 Å². The first-order valence-electron chi connectivity index (χ1n) is 7.12. The molecule has 2 aromatic carbocycles. The fourth-order valence-corrected chi connectivity index (χ4v) is 2.82. The Balaban J connectivity index is 2.01. The minimum Gasteiger partial charge on any atom is -0.494 e. The Kier molecular flexibility index (Phi) is 3.61. The van der Waals surface area contributed by atoms with Crippen LogP contribution in [0.3, 0.4) is 0 Å². The predicted octanol–water partition coefficient (Wildman–Crippen LogP) is 2.90. The summed E-state index contributed by atoms with van der Waals surface area (Å²) < 4.78 is 5.63. The Hall–Kier alpha value is -2.00. The summed E-state index contributed by atoms with van der Waals surface area (Å²) in [6, 6.07) is 14.7. The highest BCUT2D eigenvalue weighted by molar-refractivity contribution is 5.48. The van der Waals surface area contributed by atoms with Crippen molar-refractivity contribution in [1.29, 1.82) is 0 Å². The number of benzene rings is 2. The fraction of sp³-hybridized carbons (Fsp3) is 0.294. The first-order chi connectivity index (χ1) is 9.78. The van der Waals surface area contributed by atoms with Gasteiger partial charge in [-0.2, -0.15) is 0 Å². The van der Waals surface area contributed by atoms with Crippen molar-refractivity contribution in [3.8, 4) is 5.75 Å². The molecule has 1 heterocycles. The molecule has 0 aromatic heterocycles. The van der Waals surface area contributed by atoms with Crippen molar-refractivity contribution in [2.24, 2.45) is 0 Å². The third kappa shape index (κ3) is 2.49. The Bertz CT molecular complexity index is 610. The van der Waals surface area contributed by atoms with Crippen LogP contribution in [0.2, 0.25) is 0 Å². The Morgan fingerprint density at radius 1 is 1.25 bits per heavy atom. The van der Waals surface area contributed by atoms with Crippen molar-refractivity contribution in [2.75, 3.05) is 18.9 Å². The Morgan fingerprint density at radius 2 is 2.15 bits per heavy atom. The van der Waals surface area contributed by atoms with E-state index in [9.17, 15) is 0 Å². The molecule has 3 nitrogen and oxygen atoms in total. The molecule has 0 saturated carbocycles. The zero-order chi connectivity index (χ0) is 13.9. The minimum atomic E-state index is 0.197. The lowest BCUT2D eigenvalue weighted by Gasteiger charge is -2.28. The number of ether oxygens (including phenoxy) is 1. The van der Waals surface area contributed by atoms with Crippen molar-refractivity contribution in [3.05, 3.63) is 59.2 Å². The minimum absolute atomic E-state index is 0.197. The van der Waals surface area contributed by atoms with Gasteiger partial charge in [0.1, 0.15) is 5.75 Å². The van der Waals surface area contributed by atoms with E-state index in [-0.39, 0.29) is 6.04 Å². The van der Waals surface area contributed by atoms with Crippen molar-refractivity contribution < 1.29 is 4.74 Å². The first kappa shape index (κ1) is 13.0. The molecule has 104 valence electrons. The van der Waals surface area contributed by atoms with Gasteiger partial charge in [-0.1, -0.05) is 18.2 Å². The lowest BCUT2D eigenvalue weighted by Crippen LogP contribution is -2.30. The van der Waals surface area contributed by atoms with Crippen LogP contribution in [0.4, 0.5) is 5.69 Å². The Labute approximate surface area is 119 Å². The maximum Gasteiger partial charge on any atom is 0.119 e. The summed E-state index contributed by atoms with van der Waals surface area (Å²) in [4.78, 5) is 0. The van der Waals surface area contributed by atoms with E-state index in [0.29, 0.717) is 6.61 Å². The highest BCUT2D eigenvalue weighted by Crippen LogP contribution is 2.32. The summed E-state index contributed by atoms with van der Waals surface area (Å²) in [5, 5.41) is 3.58. The first-order valence-corrected chi connectivity index (χ1v) is 7.12. The number of nitrogens with two attached hydrogens (primary N) is 1. The molecule has 1 aliphatic rings. The van der Waals surface area contributed by atoms with Gasteiger partial charge in [0, 0.05) is 12.2 Å². The SMILES string of the molecule is CCOc1ccc2c(c1)C(c1cccc(N)c1)NCC2. The molecule has 2 aromatic rings. The van der Waals surface area contributed by atoms with E-state index in [1.54, 1.807) is 0 Å². The van der Waals surface area contributed by atoms with Crippen molar-refractivity contribution in [3.63, 3.8) is 0 Å². The molecular formula is C17H20N2O. The average Bonchev–Trinajstić information content (AvgIpc) is 2.47. The lowest BCUT2D eigenvalue weighted by atomic mass is 9.89. The maximum absolute atomic E-state index is 5.91. The van der Waals surface area contributed by atoms with Gasteiger partial charge in [0.05, 0.1) is 12.6 Å². The number of nitrogen functional groups attached to an aromatic ring is 1. The number of hydrogen-bond acceptors (Lipinski definition) is 3. The molecule has 1 unspecified atom stereocenters. The van der Waals surface area contributed by atoms with E-state index in [1.807, 2.05) is 25.1 Å². The topological polar surface area (TPSA) is 47.3 Å². The zero-order valence-electron chi connectivity index (χ0n) is 11.7. The molecule has 0 bridgehead atoms. The lowest BCUT2D eigenvalue weighted by molar-refractivity contribution is 0.339. The molecule has 0 radical (unpaired) electrons. The number of fused-ring (bicyclic) bond motifs is 1. The van der Waals surface area contributed by atoms with Crippen LogP contribution in [0.15, 0.2) is 42.5 Å². The molecule has 20 heavy (non-hydrogen) atoms. The van der Waals surface area contributed by atoms with Crippen LogP contribution in [0.25, 0.3) is 0 Å². The molecule has 3 N–H and O–H groups in total. The molecule has 0 fully saturated rings. The van der Waals surface area contributed by atoms with E-state index < -0.39 is 0 Å². The molecule has 0 aliphatic carbocycles. The van der Waals surface area contributed by atoms with Gasteiger partial charge in [-0.15, -0.1) is 0 Å². The number of nitrogens with one attached hydrogen (secondary N) is 1. The van der Waals surface area contributed by atoms with E-state index in [1.165, 1.54) is 16.7 Å². The van der Waals surface area contributed by atoms with Crippen LogP contribution in [0, 0.1) is 0 Å². The van der Waals surface area contributed by atoms with Crippen molar-refractivity contribution in [1.82, 2.24) is 5.32 Å². The molecular weight excluding hydrogens is 248 g/mol. The predicted molar refractivity (Wildman–Crippen MR) is 82.0 cm³/mol. The summed E-state index contributed by atoms with van der Waals surface area (Å²) in [6.07, 6.45) is 1.06. The van der Waals surface area contributed by atoms with Crippen LogP contribution in [0.1, 0.15) is 29.7 Å². The van der Waals surface area contributed by atoms with Crippen molar-refractivity contribution in [2.45, 2.75) is 19.4 Å². The fourth-order valence-electron chi connectivity index (χ4n) is 2.82. The third-order valence-corrected chi connectivity index (χ3v) is 3.73. The Morgan fingerprint density at radius 3 is 2.95 bits per heavy atom. The molecule has 0 spiro atoms. The summed E-state index contributed by atoms with van der Waals surface area (Å²) in [5.74, 6) is 0.934. The van der Waals surface area contributed by atoms with Gasteiger partial charge < -0.3 is 15.8 Å². The summed E-state index contributed by atoms with van der Waals surface area (Å²) >= 11 is 0.